The summed E-state index contributed by atoms with van der Waals surface area (Å²) in [7, 11) is 1.79. The fourth-order valence-electron chi connectivity index (χ4n) is 2.44. The van der Waals surface area contributed by atoms with E-state index < -0.39 is 9.05 Å². The third-order valence-electron chi connectivity index (χ3n) is 3.44. The second kappa shape index (κ2) is 6.19. The summed E-state index contributed by atoms with van der Waals surface area (Å²) in [6, 6.07) is 0. The highest BCUT2D eigenvalue weighted by Gasteiger charge is 2.25. The summed E-state index contributed by atoms with van der Waals surface area (Å²) in [5.41, 5.74) is 2.14. The van der Waals surface area contributed by atoms with E-state index in [4.69, 9.17) is 10.7 Å². The van der Waals surface area contributed by atoms with Crippen LogP contribution in [0.4, 0.5) is 0 Å². The molecule has 0 fully saturated rings. The van der Waals surface area contributed by atoms with Gasteiger partial charge in [0.1, 0.15) is 4.90 Å². The van der Waals surface area contributed by atoms with Crippen molar-refractivity contribution < 1.29 is 8.42 Å². The van der Waals surface area contributed by atoms with E-state index in [1.807, 2.05) is 25.3 Å². The zero-order chi connectivity index (χ0) is 15.6. The van der Waals surface area contributed by atoms with Crippen LogP contribution in [0.3, 0.4) is 0 Å². The minimum Gasteiger partial charge on any atom is -0.333 e. The van der Waals surface area contributed by atoms with Gasteiger partial charge in [-0.1, -0.05) is 13.8 Å². The highest BCUT2D eigenvalue weighted by atomic mass is 35.7. The second-order valence-corrected chi connectivity index (χ2v) is 7.20. The van der Waals surface area contributed by atoms with Crippen molar-refractivity contribution in [2.24, 2.45) is 0 Å². The molecule has 6 nitrogen and oxygen atoms in total. The Kier molecular flexibility index (Phi) is 4.73. The molecule has 0 aliphatic rings. The van der Waals surface area contributed by atoms with Crippen LogP contribution in [0.15, 0.2) is 17.4 Å². The third kappa shape index (κ3) is 3.13. The maximum absolute atomic E-state index is 11.8. The minimum atomic E-state index is -3.80. The van der Waals surface area contributed by atoms with Gasteiger partial charge in [-0.25, -0.2) is 13.4 Å². The third-order valence-corrected chi connectivity index (χ3v) is 4.86. The molecule has 0 radical (unpaired) electrons. The lowest BCUT2D eigenvalue weighted by Crippen LogP contribution is -2.10. The molecule has 116 valence electrons. The molecule has 0 atom stereocenters. The van der Waals surface area contributed by atoms with Crippen LogP contribution in [0.1, 0.15) is 37.9 Å². The summed E-state index contributed by atoms with van der Waals surface area (Å²) in [6.45, 7) is 7.08. The van der Waals surface area contributed by atoms with E-state index in [1.165, 1.54) is 0 Å². The zero-order valence-corrected chi connectivity index (χ0v) is 13.9. The van der Waals surface area contributed by atoms with E-state index in [0.717, 1.165) is 12.2 Å². The molecule has 0 spiro atoms. The Bertz CT molecular complexity index is 733. The number of rotatable bonds is 6. The molecule has 2 rings (SSSR count). The molecule has 8 heteroatoms. The number of imidazole rings is 1. The maximum Gasteiger partial charge on any atom is 0.264 e. The Hall–Kier alpha value is -1.34. The molecule has 0 amide bonds. The van der Waals surface area contributed by atoms with Gasteiger partial charge < -0.3 is 4.57 Å². The van der Waals surface area contributed by atoms with Crippen molar-refractivity contribution in [2.45, 2.75) is 51.6 Å². The van der Waals surface area contributed by atoms with Crippen LogP contribution in [-0.4, -0.2) is 27.7 Å². The quantitative estimate of drug-likeness (QED) is 0.761. The molecule has 0 aliphatic heterocycles. The van der Waals surface area contributed by atoms with E-state index in [0.29, 0.717) is 30.8 Å². The molecule has 2 aromatic rings. The summed E-state index contributed by atoms with van der Waals surface area (Å²) in [5, 5.41) is 4.43. The second-order valence-electron chi connectivity index (χ2n) is 4.70. The van der Waals surface area contributed by atoms with Crippen molar-refractivity contribution in [3.63, 3.8) is 0 Å². The normalized spacial score (nSPS) is 12.0. The Balaban J connectivity index is 2.52. The first kappa shape index (κ1) is 16.0. The highest BCUT2D eigenvalue weighted by molar-refractivity contribution is 8.13. The van der Waals surface area contributed by atoms with Gasteiger partial charge in [0.15, 0.2) is 0 Å². The minimum absolute atomic E-state index is 0.164. The van der Waals surface area contributed by atoms with E-state index in [1.54, 1.807) is 17.2 Å². The standard InChI is InChI=1S/C13H19ClN4O2S/c1-4-11-13(21(14,19)20)12(5-2)18(16-11)8-10-7-15-9-17(10)6-3/h7,9H,4-6,8H2,1-3H3. The Labute approximate surface area is 129 Å². The van der Waals surface area contributed by atoms with E-state index >= 15 is 0 Å². The van der Waals surface area contributed by atoms with Crippen molar-refractivity contribution in [2.75, 3.05) is 0 Å². The summed E-state index contributed by atoms with van der Waals surface area (Å²) in [6.07, 6.45) is 4.60. The average Bonchev–Trinajstić information content (AvgIpc) is 3.01. The molecule has 0 unspecified atom stereocenters. The first-order chi connectivity index (χ1) is 9.92. The predicted molar refractivity (Wildman–Crippen MR) is 81.0 cm³/mol. The van der Waals surface area contributed by atoms with Crippen LogP contribution < -0.4 is 0 Å². The summed E-state index contributed by atoms with van der Waals surface area (Å²) >= 11 is 0. The van der Waals surface area contributed by atoms with Gasteiger partial charge in [0.05, 0.1) is 36.2 Å². The lowest BCUT2D eigenvalue weighted by atomic mass is 10.2. The molecule has 0 saturated heterocycles. The first-order valence-corrected chi connectivity index (χ1v) is 9.25. The monoisotopic (exact) mass is 330 g/mol. The molecule has 0 N–H and O–H groups in total. The van der Waals surface area contributed by atoms with Crippen molar-refractivity contribution >= 4 is 19.7 Å². The van der Waals surface area contributed by atoms with Gasteiger partial charge in [-0.2, -0.15) is 5.10 Å². The van der Waals surface area contributed by atoms with Gasteiger partial charge in [0.25, 0.3) is 9.05 Å². The van der Waals surface area contributed by atoms with Crippen LogP contribution in [0.25, 0.3) is 0 Å². The van der Waals surface area contributed by atoms with Crippen molar-refractivity contribution in [3.8, 4) is 0 Å². The van der Waals surface area contributed by atoms with Crippen LogP contribution in [0, 0.1) is 0 Å². The molecule has 21 heavy (non-hydrogen) atoms. The van der Waals surface area contributed by atoms with Crippen LogP contribution in [0.5, 0.6) is 0 Å². The van der Waals surface area contributed by atoms with Crippen molar-refractivity contribution in [1.82, 2.24) is 19.3 Å². The molecule has 2 heterocycles. The molecular formula is C13H19ClN4O2S. The number of halogens is 1. The van der Waals surface area contributed by atoms with Gasteiger partial charge in [-0.3, -0.25) is 4.68 Å². The van der Waals surface area contributed by atoms with Crippen LogP contribution in [-0.2, 0) is 35.0 Å². The van der Waals surface area contributed by atoms with Gasteiger partial charge in [0, 0.05) is 17.2 Å². The summed E-state index contributed by atoms with van der Waals surface area (Å²) in [4.78, 5) is 4.28. The first-order valence-electron chi connectivity index (χ1n) is 6.94. The summed E-state index contributed by atoms with van der Waals surface area (Å²) in [5.74, 6) is 0. The van der Waals surface area contributed by atoms with Gasteiger partial charge in [-0.15, -0.1) is 0 Å². The number of aromatic nitrogens is 4. The molecule has 0 aliphatic carbocycles. The number of nitrogens with zero attached hydrogens (tertiary/aromatic N) is 4. The fraction of sp³-hybridized carbons (Fsp3) is 0.538. The van der Waals surface area contributed by atoms with Crippen LogP contribution in [0.2, 0.25) is 0 Å². The molecule has 0 aromatic carbocycles. The Morgan fingerprint density at radius 1 is 1.24 bits per heavy atom. The maximum atomic E-state index is 11.8. The lowest BCUT2D eigenvalue weighted by Gasteiger charge is -2.08. The van der Waals surface area contributed by atoms with Gasteiger partial charge >= 0.3 is 0 Å². The van der Waals surface area contributed by atoms with E-state index in [-0.39, 0.29) is 4.90 Å². The molecule has 2 aromatic heterocycles. The average molecular weight is 331 g/mol. The Morgan fingerprint density at radius 3 is 2.48 bits per heavy atom. The number of aryl methyl sites for hydroxylation is 2. The predicted octanol–water partition coefficient (Wildman–Crippen LogP) is 2.20. The zero-order valence-electron chi connectivity index (χ0n) is 12.4. The molecular weight excluding hydrogens is 312 g/mol. The van der Waals surface area contributed by atoms with Gasteiger partial charge in [0.2, 0.25) is 0 Å². The van der Waals surface area contributed by atoms with Crippen molar-refractivity contribution in [1.29, 1.82) is 0 Å². The van der Waals surface area contributed by atoms with E-state index in [9.17, 15) is 8.42 Å². The van der Waals surface area contributed by atoms with Gasteiger partial charge in [-0.05, 0) is 19.8 Å². The Morgan fingerprint density at radius 2 is 1.95 bits per heavy atom. The summed E-state index contributed by atoms with van der Waals surface area (Å²) < 4.78 is 27.4. The number of hydrogen-bond donors (Lipinski definition) is 0. The topological polar surface area (TPSA) is 69.8 Å². The highest BCUT2D eigenvalue weighted by Crippen LogP contribution is 2.26. The lowest BCUT2D eigenvalue weighted by molar-refractivity contribution is 0.591. The molecule has 0 bridgehead atoms. The largest absolute Gasteiger partial charge is 0.333 e. The van der Waals surface area contributed by atoms with E-state index in [2.05, 4.69) is 10.1 Å². The SMILES string of the molecule is CCc1nn(Cc2cncn2CC)c(CC)c1S(=O)(=O)Cl. The fourth-order valence-corrected chi connectivity index (χ4v) is 3.97. The molecule has 0 saturated carbocycles. The van der Waals surface area contributed by atoms with Crippen molar-refractivity contribution in [3.05, 3.63) is 29.6 Å². The number of hydrogen-bond acceptors (Lipinski definition) is 4. The van der Waals surface area contributed by atoms with Crippen LogP contribution >= 0.6 is 10.7 Å². The smallest absolute Gasteiger partial charge is 0.264 e.